The van der Waals surface area contributed by atoms with E-state index in [9.17, 15) is 35.1 Å². The highest BCUT2D eigenvalue weighted by atomic mass is 16.6. The summed E-state index contributed by atoms with van der Waals surface area (Å²) >= 11 is 0. The molecule has 9 heteroatoms. The highest BCUT2D eigenvalue weighted by Gasteiger charge is 2.80. The normalized spacial score (nSPS) is 47.1. The Balaban J connectivity index is 1.07. The van der Waals surface area contributed by atoms with Crippen molar-refractivity contribution in [1.29, 1.82) is 0 Å². The van der Waals surface area contributed by atoms with E-state index in [0.717, 1.165) is 55.3 Å². The average molecular weight is 784 g/mol. The first-order chi connectivity index (χ1) is 27.1. The number of hydrogen-bond acceptors (Lipinski definition) is 8. The lowest BCUT2D eigenvalue weighted by molar-refractivity contribution is -0.205. The predicted octanol–water partition coefficient (Wildman–Crippen LogP) is 6.56. The summed E-state index contributed by atoms with van der Waals surface area (Å²) in [6, 6.07) is 5.55. The van der Waals surface area contributed by atoms with E-state index in [1.54, 1.807) is 18.2 Å². The second kappa shape index (κ2) is 12.7. The van der Waals surface area contributed by atoms with Gasteiger partial charge in [0, 0.05) is 41.0 Å². The lowest BCUT2D eigenvalue weighted by Gasteiger charge is -2.68. The van der Waals surface area contributed by atoms with Crippen LogP contribution in [0.4, 0.5) is 5.69 Å². The van der Waals surface area contributed by atoms with Crippen LogP contribution in [-0.2, 0) is 20.7 Å². The topological polar surface area (TPSA) is 151 Å². The van der Waals surface area contributed by atoms with Gasteiger partial charge in [-0.25, -0.2) is 0 Å². The number of epoxide rings is 1. The zero-order valence-corrected chi connectivity index (χ0v) is 34.5. The van der Waals surface area contributed by atoms with E-state index in [4.69, 9.17) is 4.74 Å². The number of aryl methyl sites for hydroxylation is 1. The van der Waals surface area contributed by atoms with Gasteiger partial charge in [-0.05, 0) is 135 Å². The van der Waals surface area contributed by atoms with Gasteiger partial charge < -0.3 is 35.2 Å². The molecule has 2 aliphatic heterocycles. The molecule has 0 radical (unpaired) electrons. The summed E-state index contributed by atoms with van der Waals surface area (Å²) < 4.78 is 6.48. The largest absolute Gasteiger partial charge is 0.508 e. The van der Waals surface area contributed by atoms with Crippen molar-refractivity contribution in [1.82, 2.24) is 0 Å². The number of allylic oxidation sites excluding steroid dienone is 2. The maximum atomic E-state index is 14.4. The van der Waals surface area contributed by atoms with Crippen molar-refractivity contribution in [2.24, 2.45) is 57.2 Å². The third-order valence-corrected chi connectivity index (χ3v) is 19.1. The fourth-order valence-corrected chi connectivity index (χ4v) is 15.9. The number of aliphatic hydroxyl groups excluding tert-OH is 2. The smallest absolute Gasteiger partial charge is 0.233 e. The number of ketones is 1. The Morgan fingerprint density at radius 2 is 1.74 bits per heavy atom. The van der Waals surface area contributed by atoms with Crippen molar-refractivity contribution in [2.75, 3.05) is 11.4 Å². The van der Waals surface area contributed by atoms with Crippen molar-refractivity contribution < 1.29 is 39.9 Å². The van der Waals surface area contributed by atoms with Crippen LogP contribution < -0.4 is 4.90 Å². The van der Waals surface area contributed by atoms with E-state index in [-0.39, 0.29) is 65.2 Å². The van der Waals surface area contributed by atoms with Gasteiger partial charge in [-0.1, -0.05) is 59.1 Å². The molecular formula is C48H65NO8. The molecule has 2 spiro atoms. The van der Waals surface area contributed by atoms with Crippen molar-refractivity contribution in [3.05, 3.63) is 47.6 Å². The molecule has 10 rings (SSSR count). The highest BCUT2D eigenvalue weighted by Crippen LogP contribution is 2.80. The van der Waals surface area contributed by atoms with E-state index in [1.807, 2.05) is 4.90 Å². The van der Waals surface area contributed by atoms with Gasteiger partial charge >= 0.3 is 0 Å². The maximum Gasteiger partial charge on any atom is 0.233 e. The number of rotatable bonds is 7. The molecule has 1 amide bonds. The number of aromatic hydroxyl groups is 1. The summed E-state index contributed by atoms with van der Waals surface area (Å²) in [6.07, 6.45) is 14.6. The van der Waals surface area contributed by atoms with Gasteiger partial charge in [0.2, 0.25) is 5.91 Å². The Bertz CT molecular complexity index is 1920. The number of anilines is 1. The van der Waals surface area contributed by atoms with Crippen LogP contribution in [0.1, 0.15) is 123 Å². The average Bonchev–Trinajstić information content (AvgIpc) is 3.77. The lowest BCUT2D eigenvalue weighted by Crippen LogP contribution is -2.69. The second-order valence-electron chi connectivity index (χ2n) is 21.3. The van der Waals surface area contributed by atoms with Crippen LogP contribution in [-0.4, -0.2) is 79.4 Å². The lowest BCUT2D eigenvalue weighted by atomic mass is 9.37. The van der Waals surface area contributed by atoms with Crippen molar-refractivity contribution in [3.8, 4) is 5.75 Å². The van der Waals surface area contributed by atoms with Crippen molar-refractivity contribution in [3.63, 3.8) is 0 Å². The summed E-state index contributed by atoms with van der Waals surface area (Å²) in [4.78, 5) is 30.3. The summed E-state index contributed by atoms with van der Waals surface area (Å²) in [5.74, 6) is -0.317. The molecule has 7 aliphatic carbocycles. The molecule has 7 fully saturated rings. The van der Waals surface area contributed by atoms with Gasteiger partial charge in [0.05, 0.1) is 29.3 Å². The SMILES string of the molecule is CC(C)C(C)C1OC1C1(O)CC=CC2CC34CCC5C(O)C(O)CC(C(=O)C=C3C3(O)CCC1C23CCc1cc(O)cc(N2CCC3(CCCCC3)C2=O)c1)C54C. The summed E-state index contributed by atoms with van der Waals surface area (Å²) in [5.41, 5.74) is -2.58. The molecule has 14 unspecified atom stereocenters. The molecule has 9 nitrogen and oxygen atoms in total. The molecule has 57 heavy (non-hydrogen) atoms. The van der Waals surface area contributed by atoms with Gasteiger partial charge in [0.15, 0.2) is 5.78 Å². The van der Waals surface area contributed by atoms with E-state index in [0.29, 0.717) is 57.4 Å². The van der Waals surface area contributed by atoms with E-state index in [2.05, 4.69) is 45.9 Å². The predicted molar refractivity (Wildman–Crippen MR) is 215 cm³/mol. The number of benzene rings is 1. The molecule has 2 saturated heterocycles. The molecule has 14 atom stereocenters. The first-order valence-corrected chi connectivity index (χ1v) is 22.6. The number of phenolic OH excluding ortho intramolecular Hbond substituents is 1. The highest BCUT2D eigenvalue weighted by molar-refractivity contribution is 6.00. The number of fused-ring (bicyclic) bond motifs is 1. The Hall–Kier alpha value is -2.56. The van der Waals surface area contributed by atoms with Crippen LogP contribution in [0, 0.1) is 57.2 Å². The number of carbonyl (C=O) groups is 2. The summed E-state index contributed by atoms with van der Waals surface area (Å²) in [7, 11) is 0. The van der Waals surface area contributed by atoms with Crippen LogP contribution in [0.3, 0.4) is 0 Å². The zero-order valence-electron chi connectivity index (χ0n) is 34.5. The van der Waals surface area contributed by atoms with E-state index < -0.39 is 45.6 Å². The molecule has 9 aliphatic rings. The number of phenols is 1. The molecule has 310 valence electrons. The van der Waals surface area contributed by atoms with Crippen molar-refractivity contribution in [2.45, 2.75) is 160 Å². The number of carbonyl (C=O) groups excluding carboxylic acids is 2. The minimum atomic E-state index is -1.42. The summed E-state index contributed by atoms with van der Waals surface area (Å²) in [6.45, 7) is 9.38. The molecule has 5 N–H and O–H groups in total. The molecular weight excluding hydrogens is 719 g/mol. The number of aliphatic hydroxyl groups is 4. The number of ether oxygens (including phenoxy) is 1. The molecule has 2 heterocycles. The Morgan fingerprint density at radius 1 is 0.965 bits per heavy atom. The minimum absolute atomic E-state index is 0.0640. The van der Waals surface area contributed by atoms with Crippen molar-refractivity contribution >= 4 is 17.4 Å². The Kier molecular flexibility index (Phi) is 8.63. The zero-order chi connectivity index (χ0) is 40.1. The van der Waals surface area contributed by atoms with Gasteiger partial charge in [-0.15, -0.1) is 0 Å². The number of amides is 1. The first-order valence-electron chi connectivity index (χ1n) is 22.6. The van der Waals surface area contributed by atoms with Gasteiger partial charge in [-0.2, -0.15) is 0 Å². The van der Waals surface area contributed by atoms with Crippen LogP contribution in [0.5, 0.6) is 5.75 Å². The Morgan fingerprint density at radius 3 is 2.49 bits per heavy atom. The van der Waals surface area contributed by atoms with Gasteiger partial charge in [0.25, 0.3) is 0 Å². The first kappa shape index (κ1) is 38.6. The molecule has 5 saturated carbocycles. The van der Waals surface area contributed by atoms with E-state index in [1.165, 1.54) is 6.42 Å². The van der Waals surface area contributed by atoms with Crippen LogP contribution in [0.25, 0.3) is 0 Å². The second-order valence-corrected chi connectivity index (χ2v) is 21.3. The van der Waals surface area contributed by atoms with Gasteiger partial charge in [0.1, 0.15) is 17.5 Å². The number of hydrogen-bond donors (Lipinski definition) is 5. The monoisotopic (exact) mass is 783 g/mol. The van der Waals surface area contributed by atoms with Crippen LogP contribution in [0.2, 0.25) is 0 Å². The molecule has 0 aromatic heterocycles. The standard InChI is InChI=1S/C48H65NO8/c1-27(2)28(3)40-41(57-40)47(55)15-8-9-30-26-45-16-11-33-39(53)36(52)24-34(43(33,45)4)35(51)25-38(45)48(56)18-12-37(47)46(30,48)17-10-29-21-31(23-32(50)22-29)49-20-19-44(42(49)54)13-6-5-7-14-44/h8-9,21-23,25,27-28,30,33-34,36-37,39-41,50,52-53,55-56H,5-7,10-20,24,26H2,1-4H3. The molecule has 0 bridgehead atoms. The quantitative estimate of drug-likeness (QED) is 0.154. The third kappa shape index (κ3) is 4.93. The third-order valence-electron chi connectivity index (χ3n) is 19.1. The maximum absolute atomic E-state index is 14.4. The Labute approximate surface area is 337 Å². The van der Waals surface area contributed by atoms with Gasteiger partial charge in [-0.3, -0.25) is 9.59 Å². The summed E-state index contributed by atoms with van der Waals surface area (Å²) in [5, 5.41) is 60.9. The van der Waals surface area contributed by atoms with E-state index >= 15 is 0 Å². The minimum Gasteiger partial charge on any atom is -0.508 e. The van der Waals surface area contributed by atoms with Crippen LogP contribution >= 0.6 is 0 Å². The molecule has 1 aromatic carbocycles. The number of nitrogens with zero attached hydrogens (tertiary/aromatic N) is 1. The fraction of sp³-hybridized carbons (Fsp3) is 0.750. The van der Waals surface area contributed by atoms with Crippen LogP contribution in [0.15, 0.2) is 42.0 Å². The molecule has 1 aromatic rings. The fourth-order valence-electron chi connectivity index (χ4n) is 15.9.